The molecule has 0 fully saturated rings. The van der Waals surface area contributed by atoms with E-state index in [1.807, 2.05) is 11.3 Å². The van der Waals surface area contributed by atoms with Crippen LogP contribution in [0, 0.1) is 0 Å². The molecule has 0 amide bonds. The van der Waals surface area contributed by atoms with E-state index in [4.69, 9.17) is 25.3 Å². The molecule has 0 nitrogen and oxygen atoms in total. The summed E-state index contributed by atoms with van der Waals surface area (Å²) >= 11 is 11.9. The van der Waals surface area contributed by atoms with E-state index in [2.05, 4.69) is 133 Å². The molecule has 0 atom stereocenters. The fourth-order valence-corrected chi connectivity index (χ4v) is 8.90. The molecule has 0 N–H and O–H groups in total. The summed E-state index contributed by atoms with van der Waals surface area (Å²) in [5, 5.41) is 12.2. The lowest BCUT2D eigenvalue weighted by molar-refractivity contribution is 1.62. The number of thiophene rings is 1. The summed E-state index contributed by atoms with van der Waals surface area (Å²) in [6.45, 7) is 0. The molecule has 8 aromatic carbocycles. The number of thiol groups is 2. The quantitative estimate of drug-likeness (QED) is 0.143. The maximum atomic E-state index is 5.01. The lowest BCUT2D eigenvalue weighted by atomic mass is 9.88. The van der Waals surface area contributed by atoms with Crippen molar-refractivity contribution in [1.29, 1.82) is 0 Å². The molecule has 9 aromatic rings. The monoisotopic (exact) mass is 600 g/mol. The molecule has 202 valence electrons. The van der Waals surface area contributed by atoms with Gasteiger partial charge in [-0.2, -0.15) is 0 Å². The highest BCUT2D eigenvalue weighted by molar-refractivity contribution is 7.81. The smallest absolute Gasteiger partial charge is 0.0361 e. The maximum Gasteiger partial charge on any atom is 0.0361 e. The Morgan fingerprint density at radius 1 is 0.372 bits per heavy atom. The van der Waals surface area contributed by atoms with Gasteiger partial charge in [-0.25, -0.2) is 0 Å². The van der Waals surface area contributed by atoms with Gasteiger partial charge in [-0.3, -0.25) is 0 Å². The van der Waals surface area contributed by atoms with E-state index >= 15 is 0 Å². The van der Waals surface area contributed by atoms with Crippen LogP contribution in [0.4, 0.5) is 0 Å². The van der Waals surface area contributed by atoms with E-state index in [0.29, 0.717) is 0 Å². The molecular formula is C40H24S3. The third-order valence-electron chi connectivity index (χ3n) is 8.86. The van der Waals surface area contributed by atoms with Crippen molar-refractivity contribution < 1.29 is 0 Å². The van der Waals surface area contributed by atoms with Crippen LogP contribution in [0.3, 0.4) is 0 Å². The predicted octanol–water partition coefficient (Wildman–Crippen LogP) is 12.6. The highest BCUT2D eigenvalue weighted by Crippen LogP contribution is 2.48. The first-order valence-electron chi connectivity index (χ1n) is 14.4. The predicted molar refractivity (Wildman–Crippen MR) is 195 cm³/mol. The van der Waals surface area contributed by atoms with Gasteiger partial charge in [-0.15, -0.1) is 36.6 Å². The van der Waals surface area contributed by atoms with Crippen LogP contribution in [0.2, 0.25) is 0 Å². The first kappa shape index (κ1) is 25.2. The lowest BCUT2D eigenvalue weighted by Crippen LogP contribution is -1.89. The third kappa shape index (κ3) is 3.66. The van der Waals surface area contributed by atoms with Crippen molar-refractivity contribution in [2.24, 2.45) is 0 Å². The Morgan fingerprint density at radius 2 is 0.837 bits per heavy atom. The fraction of sp³-hybridized carbons (Fsp3) is 0. The molecule has 1 aromatic heterocycles. The van der Waals surface area contributed by atoms with Crippen molar-refractivity contribution in [3.63, 3.8) is 0 Å². The number of benzene rings is 8. The molecule has 0 radical (unpaired) electrons. The van der Waals surface area contributed by atoms with Crippen LogP contribution in [0.15, 0.2) is 143 Å². The fourth-order valence-electron chi connectivity index (χ4n) is 7.00. The van der Waals surface area contributed by atoms with Crippen molar-refractivity contribution in [2.45, 2.75) is 9.79 Å². The average molecular weight is 601 g/mol. The molecule has 0 aliphatic heterocycles. The Bertz CT molecular complexity index is 2480. The zero-order valence-electron chi connectivity index (χ0n) is 23.0. The van der Waals surface area contributed by atoms with Crippen LogP contribution in [-0.4, -0.2) is 0 Å². The molecule has 9 rings (SSSR count). The molecule has 0 saturated heterocycles. The summed E-state index contributed by atoms with van der Waals surface area (Å²) in [6, 6.07) is 48.5. The SMILES string of the molecule is Sc1c2ccccc2c(-c2ccc3sc4cccc(-c5c6ccccc6c(S)c6ccccc56)c4c3c2)c2ccccc12. The van der Waals surface area contributed by atoms with Gasteiger partial charge in [-0.1, -0.05) is 115 Å². The van der Waals surface area contributed by atoms with Crippen molar-refractivity contribution in [2.75, 3.05) is 0 Å². The molecular weight excluding hydrogens is 577 g/mol. The number of fused-ring (bicyclic) bond motifs is 7. The summed E-state index contributed by atoms with van der Waals surface area (Å²) in [5.74, 6) is 0. The molecule has 0 unspecified atom stereocenters. The second kappa shape index (κ2) is 9.62. The van der Waals surface area contributed by atoms with Crippen LogP contribution in [0.25, 0.3) is 85.5 Å². The van der Waals surface area contributed by atoms with E-state index in [1.54, 1.807) is 0 Å². The molecule has 0 aliphatic carbocycles. The van der Waals surface area contributed by atoms with Crippen LogP contribution in [-0.2, 0) is 0 Å². The van der Waals surface area contributed by atoms with Crippen LogP contribution >= 0.6 is 36.6 Å². The van der Waals surface area contributed by atoms with E-state index < -0.39 is 0 Å². The van der Waals surface area contributed by atoms with Gasteiger partial charge in [0.2, 0.25) is 0 Å². The van der Waals surface area contributed by atoms with Crippen molar-refractivity contribution in [1.82, 2.24) is 0 Å². The number of hydrogen-bond donors (Lipinski definition) is 2. The minimum Gasteiger partial charge on any atom is -0.142 e. The van der Waals surface area contributed by atoms with Gasteiger partial charge in [0.05, 0.1) is 0 Å². The van der Waals surface area contributed by atoms with E-state index in [-0.39, 0.29) is 0 Å². The first-order valence-corrected chi connectivity index (χ1v) is 16.1. The van der Waals surface area contributed by atoms with E-state index in [1.165, 1.54) is 85.5 Å². The summed E-state index contributed by atoms with van der Waals surface area (Å²) in [6.07, 6.45) is 0. The summed E-state index contributed by atoms with van der Waals surface area (Å²) in [7, 11) is 0. The molecule has 0 spiro atoms. The van der Waals surface area contributed by atoms with Crippen molar-refractivity contribution in [3.8, 4) is 22.3 Å². The van der Waals surface area contributed by atoms with Gasteiger partial charge in [0.15, 0.2) is 0 Å². The minimum atomic E-state index is 1.03. The highest BCUT2D eigenvalue weighted by Gasteiger charge is 2.19. The maximum absolute atomic E-state index is 5.01. The normalized spacial score (nSPS) is 12.0. The zero-order chi connectivity index (χ0) is 28.7. The summed E-state index contributed by atoms with van der Waals surface area (Å²) in [5.41, 5.74) is 5.03. The largest absolute Gasteiger partial charge is 0.142 e. The number of rotatable bonds is 2. The Labute approximate surface area is 264 Å². The van der Waals surface area contributed by atoms with Gasteiger partial charge in [0.1, 0.15) is 0 Å². The van der Waals surface area contributed by atoms with Gasteiger partial charge in [0.25, 0.3) is 0 Å². The second-order valence-corrected chi connectivity index (χ2v) is 13.1. The summed E-state index contributed by atoms with van der Waals surface area (Å²) in [4.78, 5) is 2.07. The van der Waals surface area contributed by atoms with Gasteiger partial charge >= 0.3 is 0 Å². The third-order valence-corrected chi connectivity index (χ3v) is 11.0. The van der Waals surface area contributed by atoms with Gasteiger partial charge < -0.3 is 0 Å². The van der Waals surface area contributed by atoms with Gasteiger partial charge in [-0.05, 0) is 83.5 Å². The Morgan fingerprint density at radius 3 is 1.35 bits per heavy atom. The van der Waals surface area contributed by atoms with E-state index in [9.17, 15) is 0 Å². The van der Waals surface area contributed by atoms with Crippen LogP contribution in [0.5, 0.6) is 0 Å². The van der Waals surface area contributed by atoms with Crippen molar-refractivity contribution in [3.05, 3.63) is 133 Å². The van der Waals surface area contributed by atoms with Gasteiger partial charge in [0, 0.05) is 30.0 Å². The molecule has 1 heterocycles. The van der Waals surface area contributed by atoms with Crippen molar-refractivity contribution >= 4 is 99.9 Å². The average Bonchev–Trinajstić information content (AvgIpc) is 3.44. The molecule has 3 heteroatoms. The molecule has 0 aliphatic rings. The topological polar surface area (TPSA) is 0 Å². The molecule has 0 saturated carbocycles. The first-order chi connectivity index (χ1) is 21.2. The zero-order valence-corrected chi connectivity index (χ0v) is 25.6. The molecule has 43 heavy (non-hydrogen) atoms. The highest BCUT2D eigenvalue weighted by atomic mass is 32.1. The standard InChI is InChI=1S/C40H24S3/c41-39-28-14-5-1-10-24(28)36(25-11-2-6-15-29(25)39)23-20-21-34-33(22-23)38-32(18-9-19-35(38)43-34)37-26-12-3-7-16-30(26)40(42)31-17-8-4-13-27(31)37/h1-22,41-42H. The summed E-state index contributed by atoms with van der Waals surface area (Å²) < 4.78 is 2.60. The Balaban J connectivity index is 1.42. The number of hydrogen-bond acceptors (Lipinski definition) is 3. The lowest BCUT2D eigenvalue weighted by Gasteiger charge is -2.16. The van der Waals surface area contributed by atoms with E-state index in [0.717, 1.165) is 9.79 Å². The second-order valence-electron chi connectivity index (χ2n) is 11.1. The Hall–Kier alpha value is -4.28. The van der Waals surface area contributed by atoms with Crippen LogP contribution in [0.1, 0.15) is 0 Å². The molecule has 0 bridgehead atoms. The minimum absolute atomic E-state index is 1.03. The van der Waals surface area contributed by atoms with Crippen LogP contribution < -0.4 is 0 Å². The Kier molecular flexibility index (Phi) is 5.65.